The number of thioether (sulfide) groups is 1. The SMILES string of the molecule is C=CCSc1nnc(NS(=O)(=O)c2ccc(C)c([N+](=O)[O-])c2)s1. The van der Waals surface area contributed by atoms with Gasteiger partial charge in [-0.3, -0.25) is 14.8 Å². The molecule has 2 aromatic rings. The van der Waals surface area contributed by atoms with Crippen LogP contribution in [-0.2, 0) is 10.0 Å². The van der Waals surface area contributed by atoms with Crippen molar-refractivity contribution >= 4 is 43.9 Å². The average molecular weight is 372 g/mol. The highest BCUT2D eigenvalue weighted by Crippen LogP contribution is 2.28. The van der Waals surface area contributed by atoms with E-state index in [1.807, 2.05) is 0 Å². The van der Waals surface area contributed by atoms with Gasteiger partial charge in [0.25, 0.3) is 15.7 Å². The molecule has 0 atom stereocenters. The maximum Gasteiger partial charge on any atom is 0.273 e. The zero-order valence-electron chi connectivity index (χ0n) is 11.9. The molecule has 0 aliphatic rings. The van der Waals surface area contributed by atoms with Crippen LogP contribution in [0.2, 0.25) is 0 Å². The first-order valence-corrected chi connectivity index (χ1v) is 9.47. The van der Waals surface area contributed by atoms with Crippen molar-refractivity contribution in [2.45, 2.75) is 16.2 Å². The molecular formula is C12H12N4O4S3. The third-order valence-corrected chi connectivity index (χ3v) is 6.07. The number of nitrogens with one attached hydrogen (secondary N) is 1. The van der Waals surface area contributed by atoms with Crippen molar-refractivity contribution in [3.8, 4) is 0 Å². The molecular weight excluding hydrogens is 360 g/mol. The summed E-state index contributed by atoms with van der Waals surface area (Å²) in [5.74, 6) is 0.630. The summed E-state index contributed by atoms with van der Waals surface area (Å²) in [6.07, 6.45) is 1.70. The third kappa shape index (κ3) is 4.27. The van der Waals surface area contributed by atoms with E-state index in [4.69, 9.17) is 0 Å². The van der Waals surface area contributed by atoms with E-state index in [9.17, 15) is 18.5 Å². The topological polar surface area (TPSA) is 115 Å². The summed E-state index contributed by atoms with van der Waals surface area (Å²) in [5, 5.41) is 18.6. The molecule has 1 aromatic heterocycles. The Bertz CT molecular complexity index is 848. The number of hydrogen-bond donors (Lipinski definition) is 1. The van der Waals surface area contributed by atoms with Gasteiger partial charge in [0.2, 0.25) is 5.13 Å². The highest BCUT2D eigenvalue weighted by molar-refractivity contribution is 8.01. The normalized spacial score (nSPS) is 11.2. The van der Waals surface area contributed by atoms with Crippen LogP contribution >= 0.6 is 23.1 Å². The number of aryl methyl sites for hydroxylation is 1. The van der Waals surface area contributed by atoms with E-state index in [0.717, 1.165) is 17.4 Å². The summed E-state index contributed by atoms with van der Waals surface area (Å²) >= 11 is 2.45. The smallest absolute Gasteiger partial charge is 0.258 e. The van der Waals surface area contributed by atoms with Crippen molar-refractivity contribution < 1.29 is 13.3 Å². The number of nitro benzene ring substituents is 1. The molecule has 11 heteroatoms. The van der Waals surface area contributed by atoms with Crippen molar-refractivity contribution in [3.63, 3.8) is 0 Å². The summed E-state index contributed by atoms with van der Waals surface area (Å²) < 4.78 is 27.5. The monoisotopic (exact) mass is 372 g/mol. The maximum atomic E-state index is 12.3. The Balaban J connectivity index is 2.25. The maximum absolute atomic E-state index is 12.3. The van der Waals surface area contributed by atoms with Crippen LogP contribution in [0.3, 0.4) is 0 Å². The van der Waals surface area contributed by atoms with Crippen molar-refractivity contribution in [1.29, 1.82) is 0 Å². The van der Waals surface area contributed by atoms with Gasteiger partial charge in [0.15, 0.2) is 4.34 Å². The van der Waals surface area contributed by atoms with Gasteiger partial charge < -0.3 is 0 Å². The fourth-order valence-electron chi connectivity index (χ4n) is 1.57. The minimum atomic E-state index is -3.97. The second-order valence-corrected chi connectivity index (χ2v) is 8.21. The van der Waals surface area contributed by atoms with Crippen LogP contribution in [-0.4, -0.2) is 29.3 Å². The molecule has 0 radical (unpaired) electrons. The molecule has 1 N–H and O–H groups in total. The van der Waals surface area contributed by atoms with E-state index in [2.05, 4.69) is 21.5 Å². The predicted octanol–water partition coefficient (Wildman–Crippen LogP) is 2.83. The van der Waals surface area contributed by atoms with Crippen LogP contribution in [0.15, 0.2) is 40.1 Å². The minimum Gasteiger partial charge on any atom is -0.258 e. The zero-order valence-corrected chi connectivity index (χ0v) is 14.4. The number of aromatic nitrogens is 2. The first-order chi connectivity index (χ1) is 10.8. The molecule has 0 aliphatic carbocycles. The van der Waals surface area contributed by atoms with E-state index in [1.54, 1.807) is 6.08 Å². The van der Waals surface area contributed by atoms with Gasteiger partial charge in [-0.2, -0.15) is 0 Å². The molecule has 0 saturated heterocycles. The van der Waals surface area contributed by atoms with Gasteiger partial charge in [0.1, 0.15) is 0 Å². The highest BCUT2D eigenvalue weighted by Gasteiger charge is 2.21. The first kappa shape index (κ1) is 17.4. The van der Waals surface area contributed by atoms with Gasteiger partial charge in [-0.25, -0.2) is 8.42 Å². The first-order valence-electron chi connectivity index (χ1n) is 6.18. The Labute approximate surface area is 140 Å². The van der Waals surface area contributed by atoms with Crippen LogP contribution in [0.1, 0.15) is 5.56 Å². The second-order valence-electron chi connectivity index (χ2n) is 4.28. The molecule has 0 spiro atoms. The molecule has 0 fully saturated rings. The molecule has 1 aromatic carbocycles. The van der Waals surface area contributed by atoms with Crippen molar-refractivity contribution in [3.05, 3.63) is 46.5 Å². The van der Waals surface area contributed by atoms with Gasteiger partial charge in [-0.15, -0.1) is 16.8 Å². The molecule has 8 nitrogen and oxygen atoms in total. The van der Waals surface area contributed by atoms with Gasteiger partial charge in [0.05, 0.1) is 9.82 Å². The van der Waals surface area contributed by atoms with Crippen LogP contribution in [0.5, 0.6) is 0 Å². The van der Waals surface area contributed by atoms with Crippen LogP contribution in [0, 0.1) is 17.0 Å². The van der Waals surface area contributed by atoms with Gasteiger partial charge >= 0.3 is 0 Å². The largest absolute Gasteiger partial charge is 0.273 e. The van der Waals surface area contributed by atoms with Crippen molar-refractivity contribution in [1.82, 2.24) is 10.2 Å². The molecule has 0 unspecified atom stereocenters. The van der Waals surface area contributed by atoms with E-state index in [0.29, 0.717) is 15.7 Å². The summed E-state index contributed by atoms with van der Waals surface area (Å²) in [7, 11) is -3.97. The molecule has 122 valence electrons. The number of hydrogen-bond acceptors (Lipinski definition) is 8. The molecule has 23 heavy (non-hydrogen) atoms. The lowest BCUT2D eigenvalue weighted by molar-refractivity contribution is -0.385. The number of benzene rings is 1. The Morgan fingerprint density at radius 3 is 2.87 bits per heavy atom. The van der Waals surface area contributed by atoms with E-state index >= 15 is 0 Å². The lowest BCUT2D eigenvalue weighted by atomic mass is 10.2. The molecule has 0 bridgehead atoms. The summed E-state index contributed by atoms with van der Waals surface area (Å²) in [5.41, 5.74) is 0.125. The van der Waals surface area contributed by atoms with E-state index in [-0.39, 0.29) is 15.7 Å². The molecule has 0 amide bonds. The van der Waals surface area contributed by atoms with Gasteiger partial charge in [0, 0.05) is 17.4 Å². The highest BCUT2D eigenvalue weighted by atomic mass is 32.2. The second kappa shape index (κ2) is 7.06. The van der Waals surface area contributed by atoms with E-state index in [1.165, 1.54) is 30.8 Å². The predicted molar refractivity (Wildman–Crippen MR) is 89.5 cm³/mol. The average Bonchev–Trinajstić information content (AvgIpc) is 2.91. The van der Waals surface area contributed by atoms with Gasteiger partial charge in [-0.1, -0.05) is 35.2 Å². The summed E-state index contributed by atoms with van der Waals surface area (Å²) in [6, 6.07) is 3.71. The fourth-order valence-corrected chi connectivity index (χ4v) is 4.33. The number of nitro groups is 1. The number of sulfonamides is 1. The molecule has 1 heterocycles. The van der Waals surface area contributed by atoms with Crippen LogP contribution in [0.4, 0.5) is 10.8 Å². The Morgan fingerprint density at radius 2 is 2.22 bits per heavy atom. The van der Waals surface area contributed by atoms with Crippen molar-refractivity contribution in [2.75, 3.05) is 10.5 Å². The quantitative estimate of drug-likeness (QED) is 0.344. The number of rotatable bonds is 7. The lowest BCUT2D eigenvalue weighted by Crippen LogP contribution is -2.13. The standard InChI is InChI=1S/C12H12N4O4S3/c1-3-6-21-12-14-13-11(22-12)15-23(19,20)9-5-4-8(2)10(7-9)16(17)18/h3-5,7H,1,6H2,2H3,(H,13,15). The van der Waals surface area contributed by atoms with Gasteiger partial charge in [-0.05, 0) is 13.0 Å². The Morgan fingerprint density at radius 1 is 1.48 bits per heavy atom. The third-order valence-electron chi connectivity index (χ3n) is 2.64. The lowest BCUT2D eigenvalue weighted by Gasteiger charge is -2.05. The summed E-state index contributed by atoms with van der Waals surface area (Å²) in [6.45, 7) is 5.12. The molecule has 0 saturated carbocycles. The molecule has 2 rings (SSSR count). The number of nitrogens with zero attached hydrogens (tertiary/aromatic N) is 3. The molecule has 0 aliphatic heterocycles. The Kier molecular flexibility index (Phi) is 5.34. The Hall–Kier alpha value is -1.98. The van der Waals surface area contributed by atoms with Crippen LogP contribution in [0.25, 0.3) is 0 Å². The fraction of sp³-hybridized carbons (Fsp3) is 0.167. The zero-order chi connectivity index (χ0) is 17.0. The van der Waals surface area contributed by atoms with E-state index < -0.39 is 14.9 Å². The van der Waals surface area contributed by atoms with Crippen LogP contribution < -0.4 is 4.72 Å². The number of anilines is 1. The van der Waals surface area contributed by atoms with Crippen molar-refractivity contribution in [2.24, 2.45) is 0 Å². The minimum absolute atomic E-state index is 0.0970. The summed E-state index contributed by atoms with van der Waals surface area (Å²) in [4.78, 5) is 10.1.